The van der Waals surface area contributed by atoms with Crippen molar-refractivity contribution in [2.24, 2.45) is 0 Å². The number of nitrogens with one attached hydrogen (secondary N) is 1. The number of carbonyl (C=O) groups is 1. The van der Waals surface area contributed by atoms with E-state index in [1.165, 1.54) is 24.3 Å². The Morgan fingerprint density at radius 2 is 1.59 bits per heavy atom. The predicted octanol–water partition coefficient (Wildman–Crippen LogP) is 4.83. The topological polar surface area (TPSA) is 66.5 Å². The Hall–Kier alpha value is -3.40. The Bertz CT molecular complexity index is 1300. The second-order valence-electron chi connectivity index (χ2n) is 7.92. The maximum Gasteiger partial charge on any atom is 0.417 e. The van der Waals surface area contributed by atoms with Crippen molar-refractivity contribution in [1.29, 1.82) is 0 Å². The average molecular weight is 495 g/mol. The molecule has 5 nitrogen and oxygen atoms in total. The molecule has 0 aliphatic rings. The molecular weight excluding hydrogens is 472 g/mol. The van der Waals surface area contributed by atoms with Crippen molar-refractivity contribution in [3.8, 4) is 0 Å². The average Bonchev–Trinajstić information content (AvgIpc) is 2.76. The van der Waals surface area contributed by atoms with Crippen LogP contribution in [0.2, 0.25) is 0 Å². The molecule has 1 unspecified atom stereocenters. The van der Waals surface area contributed by atoms with E-state index in [0.717, 1.165) is 11.9 Å². The first-order valence-electron chi connectivity index (χ1n) is 10.0. The molecule has 0 heterocycles. The van der Waals surface area contributed by atoms with Gasteiger partial charge in [0.05, 0.1) is 22.1 Å². The van der Waals surface area contributed by atoms with E-state index in [9.17, 15) is 30.8 Å². The smallest absolute Gasteiger partial charge is 0.378 e. The summed E-state index contributed by atoms with van der Waals surface area (Å²) >= 11 is 0. The number of amides is 1. The monoisotopic (exact) mass is 494 g/mol. The lowest BCUT2D eigenvalue weighted by Crippen LogP contribution is -2.31. The van der Waals surface area contributed by atoms with Crippen LogP contribution in [-0.4, -0.2) is 34.7 Å². The fraction of sp³-hybridized carbons (Fsp3) is 0.208. The van der Waals surface area contributed by atoms with Gasteiger partial charge < -0.3 is 10.2 Å². The van der Waals surface area contributed by atoms with Gasteiger partial charge in [0.2, 0.25) is 0 Å². The maximum absolute atomic E-state index is 13.8. The minimum atomic E-state index is -4.86. The summed E-state index contributed by atoms with van der Waals surface area (Å²) in [6, 6.07) is 13.4. The fourth-order valence-electron chi connectivity index (χ4n) is 3.41. The molecule has 1 amide bonds. The SMILES string of the molecule is CN(C)c1cccc(C(NC(=O)c2cc(F)ccc2C(F)(F)F)c2ccc(S(C)(=O)=O)cc2)c1. The van der Waals surface area contributed by atoms with Crippen LogP contribution in [0, 0.1) is 5.82 Å². The van der Waals surface area contributed by atoms with Gasteiger partial charge in [0.1, 0.15) is 5.82 Å². The molecule has 1 atom stereocenters. The normalized spacial score (nSPS) is 12.8. The summed E-state index contributed by atoms with van der Waals surface area (Å²) in [5.74, 6) is -2.11. The van der Waals surface area contributed by atoms with E-state index in [1.807, 2.05) is 11.0 Å². The molecule has 180 valence electrons. The molecule has 3 rings (SSSR count). The first-order chi connectivity index (χ1) is 15.8. The van der Waals surface area contributed by atoms with Crippen molar-refractivity contribution in [2.45, 2.75) is 17.1 Å². The number of hydrogen-bond acceptors (Lipinski definition) is 4. The lowest BCUT2D eigenvalue weighted by Gasteiger charge is -2.23. The first-order valence-corrected chi connectivity index (χ1v) is 11.9. The minimum absolute atomic E-state index is 0.0489. The second-order valence-corrected chi connectivity index (χ2v) is 9.94. The minimum Gasteiger partial charge on any atom is -0.378 e. The maximum atomic E-state index is 13.8. The predicted molar refractivity (Wildman–Crippen MR) is 121 cm³/mol. The van der Waals surface area contributed by atoms with Crippen LogP contribution in [0.1, 0.15) is 33.1 Å². The van der Waals surface area contributed by atoms with E-state index in [1.54, 1.807) is 32.3 Å². The van der Waals surface area contributed by atoms with Gasteiger partial charge in [-0.15, -0.1) is 0 Å². The molecule has 0 saturated carbocycles. The van der Waals surface area contributed by atoms with Gasteiger partial charge in [-0.2, -0.15) is 13.2 Å². The van der Waals surface area contributed by atoms with Crippen LogP contribution in [-0.2, 0) is 16.0 Å². The highest BCUT2D eigenvalue weighted by Crippen LogP contribution is 2.33. The summed E-state index contributed by atoms with van der Waals surface area (Å²) in [5, 5.41) is 2.56. The van der Waals surface area contributed by atoms with Gasteiger partial charge in [-0.1, -0.05) is 24.3 Å². The Labute approximate surface area is 194 Å². The second kappa shape index (κ2) is 9.46. The Morgan fingerprint density at radius 1 is 0.941 bits per heavy atom. The highest BCUT2D eigenvalue weighted by Gasteiger charge is 2.36. The molecule has 3 aromatic rings. The number of nitrogens with zero attached hydrogens (tertiary/aromatic N) is 1. The number of halogens is 4. The van der Waals surface area contributed by atoms with Crippen molar-refractivity contribution in [3.05, 3.63) is 94.8 Å². The molecule has 0 saturated heterocycles. The van der Waals surface area contributed by atoms with Gasteiger partial charge in [-0.25, -0.2) is 12.8 Å². The lowest BCUT2D eigenvalue weighted by atomic mass is 9.97. The zero-order chi connectivity index (χ0) is 25.3. The van der Waals surface area contributed by atoms with Gasteiger partial charge in [-0.3, -0.25) is 4.79 Å². The highest BCUT2D eigenvalue weighted by molar-refractivity contribution is 7.90. The third kappa shape index (κ3) is 5.74. The van der Waals surface area contributed by atoms with Crippen LogP contribution in [0.25, 0.3) is 0 Å². The van der Waals surface area contributed by atoms with E-state index < -0.39 is 44.9 Å². The van der Waals surface area contributed by atoms with E-state index in [2.05, 4.69) is 5.32 Å². The summed E-state index contributed by atoms with van der Waals surface area (Å²) in [5.41, 5.74) is -0.377. The summed E-state index contributed by atoms with van der Waals surface area (Å²) in [6.07, 6.45) is -3.82. The van der Waals surface area contributed by atoms with E-state index in [-0.39, 0.29) is 4.90 Å². The largest absolute Gasteiger partial charge is 0.417 e. The lowest BCUT2D eigenvalue weighted by molar-refractivity contribution is -0.138. The van der Waals surface area contributed by atoms with Crippen molar-refractivity contribution in [2.75, 3.05) is 25.3 Å². The molecule has 0 fully saturated rings. The fourth-order valence-corrected chi connectivity index (χ4v) is 4.04. The summed E-state index contributed by atoms with van der Waals surface area (Å²) < 4.78 is 77.8. The van der Waals surface area contributed by atoms with Gasteiger partial charge in [-0.05, 0) is 53.6 Å². The molecule has 0 aromatic heterocycles. The van der Waals surface area contributed by atoms with E-state index >= 15 is 0 Å². The molecule has 34 heavy (non-hydrogen) atoms. The van der Waals surface area contributed by atoms with Crippen molar-refractivity contribution >= 4 is 21.4 Å². The number of carbonyl (C=O) groups excluding carboxylic acids is 1. The highest BCUT2D eigenvalue weighted by atomic mass is 32.2. The van der Waals surface area contributed by atoms with Crippen LogP contribution >= 0.6 is 0 Å². The zero-order valence-corrected chi connectivity index (χ0v) is 19.3. The molecule has 0 spiro atoms. The molecular formula is C24H22F4N2O3S. The number of rotatable bonds is 6. The van der Waals surface area contributed by atoms with Crippen LogP contribution in [0.15, 0.2) is 71.6 Å². The molecule has 0 bridgehead atoms. The zero-order valence-electron chi connectivity index (χ0n) is 18.5. The first kappa shape index (κ1) is 25.2. The van der Waals surface area contributed by atoms with Crippen LogP contribution in [0.5, 0.6) is 0 Å². The number of alkyl halides is 3. The van der Waals surface area contributed by atoms with Crippen molar-refractivity contribution in [1.82, 2.24) is 5.32 Å². The van der Waals surface area contributed by atoms with E-state index in [4.69, 9.17) is 0 Å². The van der Waals surface area contributed by atoms with Gasteiger partial charge in [0.15, 0.2) is 9.84 Å². The van der Waals surface area contributed by atoms with E-state index in [0.29, 0.717) is 29.3 Å². The molecule has 1 N–H and O–H groups in total. The van der Waals surface area contributed by atoms with Crippen molar-refractivity contribution < 1.29 is 30.8 Å². The Balaban J connectivity index is 2.10. The van der Waals surface area contributed by atoms with Gasteiger partial charge in [0.25, 0.3) is 5.91 Å². The number of anilines is 1. The van der Waals surface area contributed by atoms with Crippen molar-refractivity contribution in [3.63, 3.8) is 0 Å². The number of sulfone groups is 1. The van der Waals surface area contributed by atoms with Gasteiger partial charge >= 0.3 is 6.18 Å². The number of benzene rings is 3. The van der Waals surface area contributed by atoms with Crippen LogP contribution < -0.4 is 10.2 Å². The third-order valence-electron chi connectivity index (χ3n) is 5.17. The molecule has 0 radical (unpaired) electrons. The molecule has 10 heteroatoms. The summed E-state index contributed by atoms with van der Waals surface area (Å²) in [6.45, 7) is 0. The Kier molecular flexibility index (Phi) is 7.02. The molecule has 0 aliphatic heterocycles. The van der Waals surface area contributed by atoms with Crippen LogP contribution in [0.4, 0.5) is 23.2 Å². The van der Waals surface area contributed by atoms with Gasteiger partial charge in [0, 0.05) is 26.0 Å². The summed E-state index contributed by atoms with van der Waals surface area (Å²) in [7, 11) is 0.122. The summed E-state index contributed by atoms with van der Waals surface area (Å²) in [4.78, 5) is 14.8. The standard InChI is InChI=1S/C24H22F4N2O3S/c1-30(2)18-6-4-5-16(13-18)22(15-7-10-19(11-8-15)34(3,32)33)29-23(31)20-14-17(25)9-12-21(20)24(26,27)28/h4-14,22H,1-3H3,(H,29,31). The number of hydrogen-bond donors (Lipinski definition) is 1. The quantitative estimate of drug-likeness (QED) is 0.499. The van der Waals surface area contributed by atoms with Crippen LogP contribution in [0.3, 0.4) is 0 Å². The Morgan fingerprint density at radius 3 is 2.15 bits per heavy atom. The molecule has 0 aliphatic carbocycles. The third-order valence-corrected chi connectivity index (χ3v) is 6.30. The molecule has 3 aromatic carbocycles.